The normalized spacial score (nSPS) is 11.2. The molecule has 5 heteroatoms. The molecule has 1 heterocycles. The van der Waals surface area contributed by atoms with Gasteiger partial charge in [0, 0.05) is 65.8 Å². The summed E-state index contributed by atoms with van der Waals surface area (Å²) < 4.78 is 4.49. The minimum Gasteiger partial charge on any atom is -0.336 e. The molecule has 3 nitrogen and oxygen atoms in total. The summed E-state index contributed by atoms with van der Waals surface area (Å²) in [5.41, 5.74) is 14.9. The predicted octanol–water partition coefficient (Wildman–Crippen LogP) is 16.5. The first-order chi connectivity index (χ1) is 29.6. The minimum atomic E-state index is 0.675. The molecule has 0 radical (unpaired) electrons. The Balaban J connectivity index is 1.17. The molecular formula is C55H39Br2N3. The Kier molecular flexibility index (Phi) is 10.4. The number of para-hydroxylation sites is 3. The summed E-state index contributed by atoms with van der Waals surface area (Å²) in [6.07, 6.45) is 0. The van der Waals surface area contributed by atoms with Gasteiger partial charge in [-0.2, -0.15) is 0 Å². The van der Waals surface area contributed by atoms with Crippen molar-refractivity contribution in [2.45, 2.75) is 6.54 Å². The van der Waals surface area contributed by atoms with Crippen LogP contribution in [-0.4, -0.2) is 4.57 Å². The van der Waals surface area contributed by atoms with Gasteiger partial charge >= 0.3 is 0 Å². The van der Waals surface area contributed by atoms with Gasteiger partial charge < -0.3 is 14.4 Å². The standard InChI is InChI=1S/C55H39Br2N3/c56-42-25-29-44(30-26-42)58(52-22-12-10-20-48(52)40-14-4-1-5-15-40)38-39-24-34-54-50(36-39)51-37-47(33-35-55(51)60(54)45-18-8-3-9-19-45)59(46-31-27-43(57)28-32-46)53-23-13-11-21-49(53)41-16-6-2-7-17-41/h1-37H,38H2. The number of nitrogens with zero attached hydrogens (tertiary/aromatic N) is 3. The lowest BCUT2D eigenvalue weighted by molar-refractivity contribution is 0.978. The van der Waals surface area contributed by atoms with E-state index in [1.54, 1.807) is 0 Å². The van der Waals surface area contributed by atoms with Crippen LogP contribution in [0.15, 0.2) is 233 Å². The highest BCUT2D eigenvalue weighted by molar-refractivity contribution is 9.10. The molecular weight excluding hydrogens is 862 g/mol. The van der Waals surface area contributed by atoms with Crippen LogP contribution in [0.1, 0.15) is 5.56 Å². The molecule has 0 saturated heterocycles. The van der Waals surface area contributed by atoms with E-state index in [-0.39, 0.29) is 0 Å². The zero-order chi connectivity index (χ0) is 40.4. The third kappa shape index (κ3) is 7.32. The van der Waals surface area contributed by atoms with E-state index in [0.717, 1.165) is 54.1 Å². The maximum atomic E-state index is 3.69. The highest BCUT2D eigenvalue weighted by atomic mass is 79.9. The van der Waals surface area contributed by atoms with E-state index in [1.165, 1.54) is 38.6 Å². The molecule has 60 heavy (non-hydrogen) atoms. The van der Waals surface area contributed by atoms with E-state index in [0.29, 0.717) is 6.54 Å². The molecule has 1 aromatic heterocycles. The van der Waals surface area contributed by atoms with Gasteiger partial charge in [0.1, 0.15) is 0 Å². The number of halogens is 2. The van der Waals surface area contributed by atoms with Crippen molar-refractivity contribution in [1.82, 2.24) is 4.57 Å². The summed E-state index contributed by atoms with van der Waals surface area (Å²) in [6.45, 7) is 0.675. The Morgan fingerprint density at radius 1 is 0.383 bits per heavy atom. The topological polar surface area (TPSA) is 11.4 Å². The lowest BCUT2D eigenvalue weighted by atomic mass is 10.0. The number of anilines is 5. The van der Waals surface area contributed by atoms with Crippen LogP contribution in [0, 0.1) is 0 Å². The molecule has 0 atom stereocenters. The Bertz CT molecular complexity index is 3070. The van der Waals surface area contributed by atoms with Crippen molar-refractivity contribution in [2.75, 3.05) is 9.80 Å². The van der Waals surface area contributed by atoms with Crippen molar-refractivity contribution in [3.63, 3.8) is 0 Å². The second-order valence-corrected chi connectivity index (χ2v) is 16.7. The fourth-order valence-electron chi connectivity index (χ4n) is 8.39. The van der Waals surface area contributed by atoms with Gasteiger partial charge in [-0.25, -0.2) is 0 Å². The largest absolute Gasteiger partial charge is 0.336 e. The Morgan fingerprint density at radius 3 is 1.47 bits per heavy atom. The molecule has 0 fully saturated rings. The predicted molar refractivity (Wildman–Crippen MR) is 260 cm³/mol. The van der Waals surface area contributed by atoms with Crippen LogP contribution in [0.4, 0.5) is 28.4 Å². The third-order valence-electron chi connectivity index (χ3n) is 11.2. The smallest absolute Gasteiger partial charge is 0.0542 e. The number of hydrogen-bond donors (Lipinski definition) is 0. The molecule has 0 aliphatic carbocycles. The molecule has 0 aliphatic rings. The van der Waals surface area contributed by atoms with Gasteiger partial charge in [0.05, 0.1) is 16.7 Å². The first kappa shape index (κ1) is 37.6. The number of fused-ring (bicyclic) bond motifs is 3. The van der Waals surface area contributed by atoms with Crippen molar-refractivity contribution in [2.24, 2.45) is 0 Å². The van der Waals surface area contributed by atoms with Crippen LogP contribution < -0.4 is 9.80 Å². The van der Waals surface area contributed by atoms with Crippen molar-refractivity contribution < 1.29 is 0 Å². The molecule has 10 rings (SSSR count). The second-order valence-electron chi connectivity index (χ2n) is 14.9. The number of aromatic nitrogens is 1. The van der Waals surface area contributed by atoms with E-state index in [2.05, 4.69) is 271 Å². The van der Waals surface area contributed by atoms with Gasteiger partial charge in [-0.3, -0.25) is 0 Å². The summed E-state index contributed by atoms with van der Waals surface area (Å²) in [5, 5.41) is 2.39. The average Bonchev–Trinajstić information content (AvgIpc) is 3.63. The van der Waals surface area contributed by atoms with Gasteiger partial charge in [-0.15, -0.1) is 0 Å². The molecule has 0 N–H and O–H groups in total. The summed E-state index contributed by atoms with van der Waals surface area (Å²) in [5.74, 6) is 0. The van der Waals surface area contributed by atoms with E-state index in [1.807, 2.05) is 0 Å². The monoisotopic (exact) mass is 899 g/mol. The Labute approximate surface area is 367 Å². The summed E-state index contributed by atoms with van der Waals surface area (Å²) in [4.78, 5) is 4.83. The molecule has 0 unspecified atom stereocenters. The van der Waals surface area contributed by atoms with Crippen molar-refractivity contribution in [3.8, 4) is 27.9 Å². The van der Waals surface area contributed by atoms with Crippen molar-refractivity contribution in [1.29, 1.82) is 0 Å². The van der Waals surface area contributed by atoms with E-state index in [9.17, 15) is 0 Å². The lowest BCUT2D eigenvalue weighted by Crippen LogP contribution is -2.17. The maximum Gasteiger partial charge on any atom is 0.0542 e. The van der Waals surface area contributed by atoms with Crippen LogP contribution in [0.5, 0.6) is 0 Å². The number of rotatable bonds is 10. The first-order valence-corrected chi connectivity index (χ1v) is 21.7. The molecule has 0 amide bonds. The van der Waals surface area contributed by atoms with Gasteiger partial charge in [0.15, 0.2) is 0 Å². The molecule has 0 bridgehead atoms. The fourth-order valence-corrected chi connectivity index (χ4v) is 8.92. The van der Waals surface area contributed by atoms with E-state index in [4.69, 9.17) is 0 Å². The Hall–Kier alpha value is -6.66. The number of benzene rings is 9. The molecule has 288 valence electrons. The molecule has 0 spiro atoms. The van der Waals surface area contributed by atoms with Crippen molar-refractivity contribution >= 4 is 82.1 Å². The number of hydrogen-bond acceptors (Lipinski definition) is 2. The van der Waals surface area contributed by atoms with Crippen LogP contribution in [0.3, 0.4) is 0 Å². The van der Waals surface area contributed by atoms with Gasteiger partial charge in [0.2, 0.25) is 0 Å². The van der Waals surface area contributed by atoms with Crippen molar-refractivity contribution in [3.05, 3.63) is 239 Å². The third-order valence-corrected chi connectivity index (χ3v) is 12.2. The average molecular weight is 902 g/mol. The molecule has 0 aliphatic heterocycles. The van der Waals surface area contributed by atoms with E-state index < -0.39 is 0 Å². The molecule has 0 saturated carbocycles. The SMILES string of the molecule is Brc1ccc(N(Cc2ccc3c(c2)c2cc(N(c4ccc(Br)cc4)c4ccccc4-c4ccccc4)ccc2n3-c2ccccc2)c2ccccc2-c2ccccc2)cc1. The Morgan fingerprint density at radius 2 is 0.850 bits per heavy atom. The van der Waals surface area contributed by atoms with Gasteiger partial charge in [-0.1, -0.05) is 153 Å². The minimum absolute atomic E-state index is 0.675. The zero-order valence-electron chi connectivity index (χ0n) is 32.7. The zero-order valence-corrected chi connectivity index (χ0v) is 35.8. The summed E-state index contributed by atoms with van der Waals surface area (Å²) in [7, 11) is 0. The van der Waals surface area contributed by atoms with Crippen LogP contribution in [0.25, 0.3) is 49.7 Å². The molecule has 10 aromatic rings. The molecule has 9 aromatic carbocycles. The maximum absolute atomic E-state index is 3.69. The summed E-state index contributed by atoms with van der Waals surface area (Å²) >= 11 is 7.37. The quantitative estimate of drug-likeness (QED) is 0.135. The van der Waals surface area contributed by atoms with Crippen LogP contribution in [-0.2, 0) is 6.54 Å². The van der Waals surface area contributed by atoms with E-state index >= 15 is 0 Å². The van der Waals surface area contributed by atoms with Crippen LogP contribution >= 0.6 is 31.9 Å². The lowest BCUT2D eigenvalue weighted by Gasteiger charge is -2.28. The van der Waals surface area contributed by atoms with Crippen LogP contribution in [0.2, 0.25) is 0 Å². The summed E-state index contributed by atoms with van der Waals surface area (Å²) in [6, 6.07) is 80.7. The first-order valence-electron chi connectivity index (χ1n) is 20.1. The van der Waals surface area contributed by atoms with Gasteiger partial charge in [0.25, 0.3) is 0 Å². The fraction of sp³-hybridized carbons (Fsp3) is 0.0182. The highest BCUT2D eigenvalue weighted by Crippen LogP contribution is 2.44. The second kappa shape index (κ2) is 16.5. The highest BCUT2D eigenvalue weighted by Gasteiger charge is 2.21. The van der Waals surface area contributed by atoms with Gasteiger partial charge in [-0.05, 0) is 120 Å².